The number of rotatable bonds is 3. The third-order valence-corrected chi connectivity index (χ3v) is 5.91. The summed E-state index contributed by atoms with van der Waals surface area (Å²) >= 11 is 6.66. The van der Waals surface area contributed by atoms with Gasteiger partial charge in [-0.25, -0.2) is 0 Å². The van der Waals surface area contributed by atoms with Crippen LogP contribution in [0, 0.1) is 10.7 Å². The Morgan fingerprint density at radius 1 is 1.33 bits per heavy atom. The maximum atomic E-state index is 12.1. The number of nitrogens with zero attached hydrogens (tertiary/aromatic N) is 1. The molecule has 0 unspecified atom stereocenters. The fraction of sp³-hybridized carbons (Fsp3) is 0.0909. The van der Waals surface area contributed by atoms with Gasteiger partial charge in [-0.05, 0) is 79.9 Å². The van der Waals surface area contributed by atoms with Crippen molar-refractivity contribution in [1.82, 2.24) is 15.5 Å². The van der Waals surface area contributed by atoms with Gasteiger partial charge in [0.1, 0.15) is 0 Å². The van der Waals surface area contributed by atoms with Crippen molar-refractivity contribution in [1.29, 1.82) is 0 Å². The molecule has 7 heteroatoms. The second-order valence-electron chi connectivity index (χ2n) is 3.54. The molecule has 4 nitrogen and oxygen atoms in total. The fourth-order valence-corrected chi connectivity index (χ4v) is 3.77. The average molecular weight is 579 g/mol. The van der Waals surface area contributed by atoms with Gasteiger partial charge in [0.15, 0.2) is 0 Å². The van der Waals surface area contributed by atoms with Crippen LogP contribution in [0.1, 0.15) is 15.9 Å². The fourth-order valence-electron chi connectivity index (χ4n) is 1.37. The largest absolute Gasteiger partial charge is 0.348 e. The Bertz CT molecular complexity index is 569. The van der Waals surface area contributed by atoms with Crippen molar-refractivity contribution in [2.24, 2.45) is 0 Å². The summed E-state index contributed by atoms with van der Waals surface area (Å²) < 4.78 is 3.14. The van der Waals surface area contributed by atoms with Crippen molar-refractivity contribution in [2.75, 3.05) is 0 Å². The number of amides is 1. The molecule has 0 radical (unpaired) electrons. The first-order valence-electron chi connectivity index (χ1n) is 4.98. The summed E-state index contributed by atoms with van der Waals surface area (Å²) in [6, 6.07) is 3.95. The second-order valence-corrected chi connectivity index (χ2v) is 7.02. The molecule has 2 aromatic rings. The van der Waals surface area contributed by atoms with E-state index in [1.54, 1.807) is 12.4 Å². The lowest BCUT2D eigenvalue weighted by molar-refractivity contribution is 0.0950. The van der Waals surface area contributed by atoms with Gasteiger partial charge in [0.25, 0.3) is 5.91 Å². The Balaban J connectivity index is 2.14. The molecular formula is C11H8I3N3O. The summed E-state index contributed by atoms with van der Waals surface area (Å²) in [6.07, 6.45) is 3.47. The number of carbonyl (C=O) groups excluding carboxylic acids is 1. The van der Waals surface area contributed by atoms with Gasteiger partial charge in [0, 0.05) is 29.0 Å². The summed E-state index contributed by atoms with van der Waals surface area (Å²) in [5.41, 5.74) is 1.68. The first-order chi connectivity index (χ1) is 8.58. The number of nitrogens with one attached hydrogen (secondary N) is 2. The van der Waals surface area contributed by atoms with Crippen molar-refractivity contribution in [3.05, 3.63) is 46.4 Å². The standard InChI is InChI=1S/C11H8I3N3O/c12-7-1-8(10(14)9(13)2-7)11(18)15-3-6-4-16-17-5-6/h1-2,4-5H,3H2,(H,15,18)(H,16,17). The van der Waals surface area contributed by atoms with Crippen LogP contribution in [0.5, 0.6) is 0 Å². The Labute approximate surface area is 145 Å². The van der Waals surface area contributed by atoms with Crippen molar-refractivity contribution < 1.29 is 4.79 Å². The van der Waals surface area contributed by atoms with E-state index in [1.165, 1.54) is 0 Å². The van der Waals surface area contributed by atoms with Gasteiger partial charge in [0.05, 0.1) is 11.8 Å². The number of carbonyl (C=O) groups is 1. The van der Waals surface area contributed by atoms with Crippen LogP contribution in [0.15, 0.2) is 24.5 Å². The van der Waals surface area contributed by atoms with Crippen LogP contribution in [0.4, 0.5) is 0 Å². The lowest BCUT2D eigenvalue weighted by Crippen LogP contribution is -2.24. The molecule has 0 spiro atoms. The Kier molecular flexibility index (Phi) is 5.24. The number of H-pyrrole nitrogens is 1. The van der Waals surface area contributed by atoms with Crippen molar-refractivity contribution in [3.63, 3.8) is 0 Å². The number of hydrogen-bond acceptors (Lipinski definition) is 2. The van der Waals surface area contributed by atoms with E-state index in [0.29, 0.717) is 6.54 Å². The maximum absolute atomic E-state index is 12.1. The van der Waals surface area contributed by atoms with Crippen LogP contribution >= 0.6 is 67.8 Å². The first-order valence-corrected chi connectivity index (χ1v) is 8.22. The highest BCUT2D eigenvalue weighted by Gasteiger charge is 2.13. The van der Waals surface area contributed by atoms with Crippen molar-refractivity contribution in [2.45, 2.75) is 6.54 Å². The smallest absolute Gasteiger partial charge is 0.252 e. The molecule has 0 fully saturated rings. The molecule has 18 heavy (non-hydrogen) atoms. The number of hydrogen-bond donors (Lipinski definition) is 2. The minimum atomic E-state index is -0.0583. The van der Waals surface area contributed by atoms with E-state index >= 15 is 0 Å². The van der Waals surface area contributed by atoms with Gasteiger partial charge in [-0.2, -0.15) is 5.10 Å². The van der Waals surface area contributed by atoms with Crippen LogP contribution in [0.25, 0.3) is 0 Å². The van der Waals surface area contributed by atoms with Crippen LogP contribution in [0.2, 0.25) is 0 Å². The molecule has 0 saturated carbocycles. The molecule has 1 heterocycles. The molecule has 0 saturated heterocycles. The highest BCUT2D eigenvalue weighted by Crippen LogP contribution is 2.22. The normalized spacial score (nSPS) is 10.4. The molecule has 94 valence electrons. The number of halogens is 3. The summed E-state index contributed by atoms with van der Waals surface area (Å²) in [6.45, 7) is 0.480. The molecular weight excluding hydrogens is 571 g/mol. The third-order valence-electron chi connectivity index (χ3n) is 2.25. The molecule has 0 aliphatic heterocycles. The zero-order valence-electron chi connectivity index (χ0n) is 9.01. The Morgan fingerprint density at radius 2 is 2.11 bits per heavy atom. The van der Waals surface area contributed by atoms with Gasteiger partial charge in [-0.3, -0.25) is 9.89 Å². The quantitative estimate of drug-likeness (QED) is 0.434. The summed E-state index contributed by atoms with van der Waals surface area (Å²) in [4.78, 5) is 12.1. The first kappa shape index (κ1) is 14.5. The summed E-state index contributed by atoms with van der Waals surface area (Å²) in [5.74, 6) is -0.0583. The molecule has 0 aliphatic carbocycles. The average Bonchev–Trinajstić information content (AvgIpc) is 2.83. The predicted molar refractivity (Wildman–Crippen MR) is 94.4 cm³/mol. The van der Waals surface area contributed by atoms with Crippen molar-refractivity contribution >= 4 is 73.7 Å². The molecule has 2 N–H and O–H groups in total. The molecule has 1 aromatic heterocycles. The second kappa shape index (κ2) is 6.50. The van der Waals surface area contributed by atoms with E-state index in [4.69, 9.17) is 0 Å². The van der Waals surface area contributed by atoms with E-state index < -0.39 is 0 Å². The number of aromatic amines is 1. The maximum Gasteiger partial charge on any atom is 0.252 e. The van der Waals surface area contributed by atoms with E-state index in [0.717, 1.165) is 21.8 Å². The summed E-state index contributed by atoms with van der Waals surface area (Å²) in [5, 5.41) is 9.44. The van der Waals surface area contributed by atoms with E-state index in [-0.39, 0.29) is 5.91 Å². The number of benzene rings is 1. The van der Waals surface area contributed by atoms with Crippen LogP contribution in [-0.4, -0.2) is 16.1 Å². The molecule has 1 aromatic carbocycles. The predicted octanol–water partition coefficient (Wildman–Crippen LogP) is 3.15. The van der Waals surface area contributed by atoms with E-state index in [9.17, 15) is 4.79 Å². The third kappa shape index (κ3) is 3.56. The monoisotopic (exact) mass is 579 g/mol. The van der Waals surface area contributed by atoms with Crippen LogP contribution < -0.4 is 5.32 Å². The zero-order valence-corrected chi connectivity index (χ0v) is 15.5. The number of aromatic nitrogens is 2. The zero-order chi connectivity index (χ0) is 13.1. The highest BCUT2D eigenvalue weighted by atomic mass is 127. The van der Waals surface area contributed by atoms with Gasteiger partial charge in [0.2, 0.25) is 0 Å². The molecule has 0 aliphatic rings. The van der Waals surface area contributed by atoms with E-state index in [2.05, 4.69) is 89.4 Å². The van der Waals surface area contributed by atoms with Gasteiger partial charge in [-0.1, -0.05) is 0 Å². The Hall–Kier alpha value is 0.0900. The lowest BCUT2D eigenvalue weighted by Gasteiger charge is -2.08. The Morgan fingerprint density at radius 3 is 2.78 bits per heavy atom. The van der Waals surface area contributed by atoms with Crippen LogP contribution in [0.3, 0.4) is 0 Å². The molecule has 0 bridgehead atoms. The molecule has 1 amide bonds. The minimum Gasteiger partial charge on any atom is -0.348 e. The van der Waals surface area contributed by atoms with E-state index in [1.807, 2.05) is 6.07 Å². The van der Waals surface area contributed by atoms with Gasteiger partial charge >= 0.3 is 0 Å². The SMILES string of the molecule is O=C(NCc1cn[nH]c1)c1cc(I)cc(I)c1I. The van der Waals surface area contributed by atoms with Crippen molar-refractivity contribution in [3.8, 4) is 0 Å². The van der Waals surface area contributed by atoms with Gasteiger partial charge < -0.3 is 5.32 Å². The molecule has 0 atom stereocenters. The van der Waals surface area contributed by atoms with Crippen LogP contribution in [-0.2, 0) is 6.54 Å². The minimum absolute atomic E-state index is 0.0583. The topological polar surface area (TPSA) is 57.8 Å². The summed E-state index contributed by atoms with van der Waals surface area (Å²) in [7, 11) is 0. The van der Waals surface area contributed by atoms with Gasteiger partial charge in [-0.15, -0.1) is 0 Å². The molecule has 2 rings (SSSR count). The lowest BCUT2D eigenvalue weighted by atomic mass is 10.2. The highest BCUT2D eigenvalue weighted by molar-refractivity contribution is 14.1.